The van der Waals surface area contributed by atoms with Gasteiger partial charge in [-0.2, -0.15) is 0 Å². The Morgan fingerprint density at radius 2 is 1.62 bits per heavy atom. The molecule has 0 saturated heterocycles. The summed E-state index contributed by atoms with van der Waals surface area (Å²) in [7, 11) is 0. The number of primary amides is 1. The first-order valence-corrected chi connectivity index (χ1v) is 8.62. The summed E-state index contributed by atoms with van der Waals surface area (Å²) in [6.45, 7) is 1.20. The van der Waals surface area contributed by atoms with Gasteiger partial charge < -0.3 is 22.5 Å². The van der Waals surface area contributed by atoms with Crippen LogP contribution >= 0.6 is 0 Å². The number of hydrogen-bond acceptors (Lipinski definition) is 4. The third-order valence-corrected chi connectivity index (χ3v) is 3.95. The maximum Gasteiger partial charge on any atom is 0.237 e. The highest BCUT2D eigenvalue weighted by molar-refractivity contribution is 5.82. The molecule has 6 heteroatoms. The van der Waals surface area contributed by atoms with Crippen LogP contribution in [0.4, 0.5) is 0 Å². The topological polar surface area (TPSA) is 124 Å². The summed E-state index contributed by atoms with van der Waals surface area (Å²) in [5.41, 5.74) is 18.6. The molecule has 7 N–H and O–H groups in total. The van der Waals surface area contributed by atoms with Crippen LogP contribution in [0.1, 0.15) is 49.7 Å². The van der Waals surface area contributed by atoms with Gasteiger partial charge in [-0.25, -0.2) is 0 Å². The van der Waals surface area contributed by atoms with Crippen molar-refractivity contribution < 1.29 is 9.59 Å². The van der Waals surface area contributed by atoms with E-state index < -0.39 is 11.9 Å². The summed E-state index contributed by atoms with van der Waals surface area (Å²) in [6.07, 6.45) is 6.12. The molecule has 1 atom stereocenters. The van der Waals surface area contributed by atoms with Gasteiger partial charge in [0.25, 0.3) is 0 Å². The van der Waals surface area contributed by atoms with Crippen molar-refractivity contribution in [2.24, 2.45) is 17.2 Å². The van der Waals surface area contributed by atoms with E-state index in [-0.39, 0.29) is 18.7 Å². The van der Waals surface area contributed by atoms with Gasteiger partial charge in [-0.05, 0) is 43.4 Å². The van der Waals surface area contributed by atoms with Crippen LogP contribution in [0.5, 0.6) is 0 Å². The van der Waals surface area contributed by atoms with Crippen molar-refractivity contribution in [3.05, 3.63) is 35.4 Å². The molecule has 0 aromatic heterocycles. The van der Waals surface area contributed by atoms with E-state index in [0.717, 1.165) is 24.9 Å². The van der Waals surface area contributed by atoms with Crippen LogP contribution in [0, 0.1) is 0 Å². The zero-order valence-corrected chi connectivity index (χ0v) is 14.3. The van der Waals surface area contributed by atoms with E-state index in [9.17, 15) is 9.59 Å². The fourth-order valence-corrected chi connectivity index (χ4v) is 2.40. The quantitative estimate of drug-likeness (QED) is 0.425. The minimum Gasteiger partial charge on any atom is -0.370 e. The van der Waals surface area contributed by atoms with Crippen LogP contribution in [-0.4, -0.2) is 24.4 Å². The van der Waals surface area contributed by atoms with Crippen molar-refractivity contribution in [2.75, 3.05) is 6.54 Å². The zero-order valence-electron chi connectivity index (χ0n) is 14.3. The molecule has 0 heterocycles. The number of nitrogens with one attached hydrogen (secondary N) is 1. The van der Waals surface area contributed by atoms with Gasteiger partial charge in [-0.1, -0.05) is 37.1 Å². The summed E-state index contributed by atoms with van der Waals surface area (Å²) in [6, 6.07) is 7.52. The lowest BCUT2D eigenvalue weighted by atomic mass is 10.0. The molecule has 6 nitrogen and oxygen atoms in total. The van der Waals surface area contributed by atoms with E-state index in [1.165, 1.54) is 24.8 Å². The molecule has 1 rings (SSSR count). The fourth-order valence-electron chi connectivity index (χ4n) is 2.40. The summed E-state index contributed by atoms with van der Waals surface area (Å²) >= 11 is 0. The standard InChI is InChI=1S/C18H30N4O2/c19-12-4-2-1-3-5-14-6-8-15(9-7-14)13-22-18(24)16(20)10-11-17(21)23/h6-9,16H,1-5,10-13,19-20H2,(H2,21,23)(H,22,24)/t16-/m0/s1. The van der Waals surface area contributed by atoms with Crippen LogP contribution in [0.15, 0.2) is 24.3 Å². The van der Waals surface area contributed by atoms with Gasteiger partial charge in [0, 0.05) is 13.0 Å². The van der Waals surface area contributed by atoms with Crippen LogP contribution in [0.2, 0.25) is 0 Å². The first kappa shape index (κ1) is 20.1. The van der Waals surface area contributed by atoms with Gasteiger partial charge in [0.15, 0.2) is 0 Å². The Balaban J connectivity index is 2.28. The van der Waals surface area contributed by atoms with Crippen LogP contribution in [0.3, 0.4) is 0 Å². The lowest BCUT2D eigenvalue weighted by Gasteiger charge is -2.11. The second-order valence-corrected chi connectivity index (χ2v) is 6.10. The van der Waals surface area contributed by atoms with Crippen LogP contribution in [0.25, 0.3) is 0 Å². The second-order valence-electron chi connectivity index (χ2n) is 6.10. The maximum atomic E-state index is 11.8. The summed E-state index contributed by atoms with van der Waals surface area (Å²) in [5, 5.41) is 2.78. The smallest absolute Gasteiger partial charge is 0.237 e. The molecule has 0 radical (unpaired) electrons. The molecular formula is C18H30N4O2. The van der Waals surface area contributed by atoms with Gasteiger partial charge in [0.05, 0.1) is 6.04 Å². The molecule has 0 aliphatic heterocycles. The lowest BCUT2D eigenvalue weighted by Crippen LogP contribution is -2.40. The third kappa shape index (κ3) is 8.64. The Morgan fingerprint density at radius 1 is 1.00 bits per heavy atom. The number of benzene rings is 1. The highest BCUT2D eigenvalue weighted by Crippen LogP contribution is 2.10. The number of carbonyl (C=O) groups excluding carboxylic acids is 2. The molecular weight excluding hydrogens is 304 g/mol. The average molecular weight is 334 g/mol. The summed E-state index contributed by atoms with van der Waals surface area (Å²) < 4.78 is 0. The molecule has 0 unspecified atom stereocenters. The first-order valence-electron chi connectivity index (χ1n) is 8.62. The van der Waals surface area contributed by atoms with Gasteiger partial charge in [-0.15, -0.1) is 0 Å². The van der Waals surface area contributed by atoms with E-state index in [2.05, 4.69) is 17.4 Å². The number of amides is 2. The zero-order chi connectivity index (χ0) is 17.8. The average Bonchev–Trinajstić information content (AvgIpc) is 2.58. The molecule has 0 aliphatic rings. The predicted molar refractivity (Wildman–Crippen MR) is 95.9 cm³/mol. The Kier molecular flexibility index (Phi) is 9.72. The monoisotopic (exact) mass is 334 g/mol. The van der Waals surface area contributed by atoms with Crippen molar-refractivity contribution in [3.63, 3.8) is 0 Å². The molecule has 1 aromatic rings. The highest BCUT2D eigenvalue weighted by Gasteiger charge is 2.13. The van der Waals surface area contributed by atoms with Gasteiger partial charge in [0.1, 0.15) is 0 Å². The maximum absolute atomic E-state index is 11.8. The van der Waals surface area contributed by atoms with E-state index in [1.807, 2.05) is 12.1 Å². The number of carbonyl (C=O) groups is 2. The molecule has 0 saturated carbocycles. The summed E-state index contributed by atoms with van der Waals surface area (Å²) in [5.74, 6) is -0.711. The number of rotatable bonds is 12. The fraction of sp³-hybridized carbons (Fsp3) is 0.556. The Morgan fingerprint density at radius 3 is 2.25 bits per heavy atom. The van der Waals surface area contributed by atoms with E-state index in [4.69, 9.17) is 17.2 Å². The van der Waals surface area contributed by atoms with Gasteiger partial charge >= 0.3 is 0 Å². The number of unbranched alkanes of at least 4 members (excludes halogenated alkanes) is 3. The molecule has 0 spiro atoms. The Labute approximate surface area is 144 Å². The second kappa shape index (κ2) is 11.6. The third-order valence-electron chi connectivity index (χ3n) is 3.95. The molecule has 24 heavy (non-hydrogen) atoms. The molecule has 1 aromatic carbocycles. The molecule has 2 amide bonds. The minimum atomic E-state index is -0.703. The van der Waals surface area contributed by atoms with Gasteiger partial charge in [0.2, 0.25) is 11.8 Å². The summed E-state index contributed by atoms with van der Waals surface area (Å²) in [4.78, 5) is 22.5. The first-order chi connectivity index (χ1) is 11.5. The number of hydrogen-bond donors (Lipinski definition) is 4. The number of aryl methyl sites for hydroxylation is 1. The largest absolute Gasteiger partial charge is 0.370 e. The van der Waals surface area contributed by atoms with Crippen LogP contribution in [-0.2, 0) is 22.6 Å². The van der Waals surface area contributed by atoms with Crippen molar-refractivity contribution in [2.45, 2.75) is 57.5 Å². The van der Waals surface area contributed by atoms with Crippen molar-refractivity contribution in [1.29, 1.82) is 0 Å². The van der Waals surface area contributed by atoms with Crippen LogP contribution < -0.4 is 22.5 Å². The molecule has 0 fully saturated rings. The van der Waals surface area contributed by atoms with E-state index in [1.54, 1.807) is 0 Å². The van der Waals surface area contributed by atoms with E-state index in [0.29, 0.717) is 6.54 Å². The van der Waals surface area contributed by atoms with Crippen molar-refractivity contribution in [3.8, 4) is 0 Å². The minimum absolute atomic E-state index is 0.120. The highest BCUT2D eigenvalue weighted by atomic mass is 16.2. The lowest BCUT2D eigenvalue weighted by molar-refractivity contribution is -0.123. The normalized spacial score (nSPS) is 11.9. The molecule has 0 bridgehead atoms. The van der Waals surface area contributed by atoms with Gasteiger partial charge in [-0.3, -0.25) is 9.59 Å². The van der Waals surface area contributed by atoms with Crippen molar-refractivity contribution >= 4 is 11.8 Å². The van der Waals surface area contributed by atoms with E-state index >= 15 is 0 Å². The van der Waals surface area contributed by atoms with Crippen molar-refractivity contribution in [1.82, 2.24) is 5.32 Å². The molecule has 0 aliphatic carbocycles. The Hall–Kier alpha value is -1.92. The SMILES string of the molecule is NCCCCCCc1ccc(CNC(=O)[C@@H](N)CCC(N)=O)cc1. The predicted octanol–water partition coefficient (Wildman–Crippen LogP) is 0.957. The molecule has 134 valence electrons. The number of nitrogens with two attached hydrogens (primary N) is 3. The Bertz CT molecular complexity index is 502.